The number of amides is 1. The van der Waals surface area contributed by atoms with E-state index in [1.54, 1.807) is 12.1 Å². The molecule has 0 aliphatic carbocycles. The van der Waals surface area contributed by atoms with Crippen molar-refractivity contribution in [2.24, 2.45) is 0 Å². The van der Waals surface area contributed by atoms with Crippen molar-refractivity contribution in [1.82, 2.24) is 5.32 Å². The molecule has 0 atom stereocenters. The normalized spacial score (nSPS) is 12.1. The lowest BCUT2D eigenvalue weighted by molar-refractivity contribution is -0.0307. The van der Waals surface area contributed by atoms with E-state index in [0.29, 0.717) is 24.1 Å². The van der Waals surface area contributed by atoms with Crippen molar-refractivity contribution in [3.63, 3.8) is 0 Å². The van der Waals surface area contributed by atoms with E-state index in [4.69, 9.17) is 14.8 Å². The highest BCUT2D eigenvalue weighted by atomic mass is 16.5. The number of hydrogen-bond acceptors (Lipinski definition) is 4. The molecule has 0 fully saturated rings. The van der Waals surface area contributed by atoms with Gasteiger partial charge in [-0.05, 0) is 58.1 Å². The molecular weight excluding hydrogens is 305 g/mol. The van der Waals surface area contributed by atoms with E-state index in [0.717, 1.165) is 12.8 Å². The van der Waals surface area contributed by atoms with Gasteiger partial charge in [0, 0.05) is 17.7 Å². The lowest BCUT2D eigenvalue weighted by Crippen LogP contribution is -2.44. The van der Waals surface area contributed by atoms with Crippen LogP contribution in [-0.4, -0.2) is 40.8 Å². The van der Waals surface area contributed by atoms with Crippen LogP contribution in [0.1, 0.15) is 64.2 Å². The fourth-order valence-corrected chi connectivity index (χ4v) is 2.51. The first-order valence-corrected chi connectivity index (χ1v) is 8.49. The number of rotatable bonds is 9. The zero-order valence-electron chi connectivity index (χ0n) is 15.4. The second-order valence-corrected chi connectivity index (χ2v) is 7.44. The molecular formula is C18H30BNO4. The van der Waals surface area contributed by atoms with Crippen LogP contribution in [0.3, 0.4) is 0 Å². The second-order valence-electron chi connectivity index (χ2n) is 7.44. The number of carbonyl (C=O) groups excluding carboxylic acids is 1. The van der Waals surface area contributed by atoms with Crippen molar-refractivity contribution >= 4 is 18.5 Å². The van der Waals surface area contributed by atoms with Crippen molar-refractivity contribution in [3.05, 3.63) is 29.8 Å². The molecule has 6 heteroatoms. The van der Waals surface area contributed by atoms with Gasteiger partial charge in [-0.25, -0.2) is 0 Å². The third-order valence-electron chi connectivity index (χ3n) is 3.99. The summed E-state index contributed by atoms with van der Waals surface area (Å²) in [4.78, 5) is 12.3. The van der Waals surface area contributed by atoms with Gasteiger partial charge in [-0.1, -0.05) is 25.5 Å². The van der Waals surface area contributed by atoms with Gasteiger partial charge in [0.15, 0.2) is 0 Å². The molecule has 0 bridgehead atoms. The monoisotopic (exact) mass is 335 g/mol. The van der Waals surface area contributed by atoms with Crippen LogP contribution >= 0.6 is 0 Å². The molecule has 0 aromatic heterocycles. The molecule has 0 aliphatic rings. The number of carbonyl (C=O) groups is 1. The Labute approximate surface area is 145 Å². The summed E-state index contributed by atoms with van der Waals surface area (Å²) in [5.74, 6) is -0.188. The zero-order valence-corrected chi connectivity index (χ0v) is 15.4. The van der Waals surface area contributed by atoms with Crippen molar-refractivity contribution in [3.8, 4) is 0 Å². The van der Waals surface area contributed by atoms with E-state index >= 15 is 0 Å². The number of ether oxygens (including phenoxy) is 1. The molecule has 1 aromatic rings. The molecule has 0 spiro atoms. The van der Waals surface area contributed by atoms with Crippen LogP contribution in [-0.2, 0) is 4.74 Å². The van der Waals surface area contributed by atoms with Crippen LogP contribution in [0, 0.1) is 0 Å². The molecule has 0 heterocycles. The molecule has 5 nitrogen and oxygen atoms in total. The molecule has 0 radical (unpaired) electrons. The van der Waals surface area contributed by atoms with Crippen LogP contribution in [0.2, 0.25) is 0 Å². The highest BCUT2D eigenvalue weighted by molar-refractivity contribution is 6.58. The largest absolute Gasteiger partial charge is 0.488 e. The van der Waals surface area contributed by atoms with Gasteiger partial charge in [0.25, 0.3) is 5.91 Å². The van der Waals surface area contributed by atoms with Crippen molar-refractivity contribution in [2.75, 3.05) is 6.61 Å². The molecule has 1 rings (SSSR count). The van der Waals surface area contributed by atoms with Crippen molar-refractivity contribution in [1.29, 1.82) is 0 Å². The van der Waals surface area contributed by atoms with E-state index in [9.17, 15) is 4.79 Å². The SMILES string of the molecule is CCCC(C)(C)OCCC(C)(C)NC(=O)c1ccc(B(O)O)cc1. The van der Waals surface area contributed by atoms with Gasteiger partial charge < -0.3 is 20.1 Å². The van der Waals surface area contributed by atoms with Gasteiger partial charge in [-0.3, -0.25) is 4.79 Å². The van der Waals surface area contributed by atoms with Crippen LogP contribution in [0.15, 0.2) is 24.3 Å². The fourth-order valence-electron chi connectivity index (χ4n) is 2.51. The lowest BCUT2D eigenvalue weighted by atomic mass is 9.80. The van der Waals surface area contributed by atoms with Crippen LogP contribution in [0.4, 0.5) is 0 Å². The van der Waals surface area contributed by atoms with E-state index in [1.165, 1.54) is 12.1 Å². The zero-order chi connectivity index (χ0) is 18.4. The van der Waals surface area contributed by atoms with Gasteiger partial charge >= 0.3 is 7.12 Å². The molecule has 0 unspecified atom stereocenters. The van der Waals surface area contributed by atoms with E-state index in [2.05, 4.69) is 26.1 Å². The van der Waals surface area contributed by atoms with Gasteiger partial charge in [0.2, 0.25) is 0 Å². The molecule has 134 valence electrons. The first-order valence-electron chi connectivity index (χ1n) is 8.49. The standard InChI is InChI=1S/C18H30BNO4/c1-6-11-18(4,5)24-13-12-17(2,3)20-16(21)14-7-9-15(10-8-14)19(22)23/h7-10,22-23H,6,11-13H2,1-5H3,(H,20,21). The van der Waals surface area contributed by atoms with Gasteiger partial charge in [0.05, 0.1) is 5.60 Å². The lowest BCUT2D eigenvalue weighted by Gasteiger charge is -2.30. The second kappa shape index (κ2) is 8.65. The third kappa shape index (κ3) is 7.03. The molecule has 1 aromatic carbocycles. The predicted molar refractivity (Wildman–Crippen MR) is 97.4 cm³/mol. The Kier molecular flexibility index (Phi) is 7.45. The predicted octanol–water partition coefficient (Wildman–Crippen LogP) is 1.86. The quantitative estimate of drug-likeness (QED) is 0.602. The molecule has 0 saturated carbocycles. The number of benzene rings is 1. The van der Waals surface area contributed by atoms with E-state index in [1.807, 2.05) is 13.8 Å². The summed E-state index contributed by atoms with van der Waals surface area (Å²) in [6.45, 7) is 10.8. The average molecular weight is 335 g/mol. The Morgan fingerprint density at radius 3 is 2.21 bits per heavy atom. The maximum atomic E-state index is 12.3. The molecule has 3 N–H and O–H groups in total. The first kappa shape index (κ1) is 20.7. The summed E-state index contributed by atoms with van der Waals surface area (Å²) in [5.41, 5.74) is 0.307. The van der Waals surface area contributed by atoms with Crippen LogP contribution in [0.5, 0.6) is 0 Å². The first-order chi connectivity index (χ1) is 11.1. The Morgan fingerprint density at radius 1 is 1.12 bits per heavy atom. The third-order valence-corrected chi connectivity index (χ3v) is 3.99. The summed E-state index contributed by atoms with van der Waals surface area (Å²) >= 11 is 0. The maximum absolute atomic E-state index is 12.3. The number of hydrogen-bond donors (Lipinski definition) is 3. The van der Waals surface area contributed by atoms with Gasteiger partial charge in [-0.15, -0.1) is 0 Å². The molecule has 0 saturated heterocycles. The highest BCUT2D eigenvalue weighted by Crippen LogP contribution is 2.19. The Hall–Kier alpha value is -1.37. The minimum Gasteiger partial charge on any atom is -0.423 e. The molecule has 1 amide bonds. The van der Waals surface area contributed by atoms with E-state index in [-0.39, 0.29) is 11.5 Å². The van der Waals surface area contributed by atoms with Crippen molar-refractivity contribution < 1.29 is 19.6 Å². The highest BCUT2D eigenvalue weighted by Gasteiger charge is 2.24. The number of nitrogens with one attached hydrogen (secondary N) is 1. The van der Waals surface area contributed by atoms with Crippen molar-refractivity contribution in [2.45, 2.75) is 65.0 Å². The Balaban J connectivity index is 2.55. The van der Waals surface area contributed by atoms with Gasteiger partial charge in [0.1, 0.15) is 0 Å². The fraction of sp³-hybridized carbons (Fsp3) is 0.611. The molecule has 0 aliphatic heterocycles. The van der Waals surface area contributed by atoms with E-state index < -0.39 is 12.7 Å². The molecule has 24 heavy (non-hydrogen) atoms. The van der Waals surface area contributed by atoms with Crippen LogP contribution < -0.4 is 10.8 Å². The van der Waals surface area contributed by atoms with Crippen LogP contribution in [0.25, 0.3) is 0 Å². The average Bonchev–Trinajstić information content (AvgIpc) is 2.46. The summed E-state index contributed by atoms with van der Waals surface area (Å²) in [6.07, 6.45) is 2.79. The summed E-state index contributed by atoms with van der Waals surface area (Å²) in [6, 6.07) is 6.23. The maximum Gasteiger partial charge on any atom is 0.488 e. The Bertz CT molecular complexity index is 526. The summed E-state index contributed by atoms with van der Waals surface area (Å²) < 4.78 is 5.93. The minimum absolute atomic E-state index is 0.143. The minimum atomic E-state index is -1.53. The Morgan fingerprint density at radius 2 is 1.71 bits per heavy atom. The summed E-state index contributed by atoms with van der Waals surface area (Å²) in [7, 11) is -1.53. The topological polar surface area (TPSA) is 78.8 Å². The smallest absolute Gasteiger partial charge is 0.423 e. The summed E-state index contributed by atoms with van der Waals surface area (Å²) in [5, 5.41) is 21.2. The van der Waals surface area contributed by atoms with Gasteiger partial charge in [-0.2, -0.15) is 0 Å².